The first kappa shape index (κ1) is 11.6. The molecule has 17 heavy (non-hydrogen) atoms. The van der Waals surface area contributed by atoms with E-state index in [0.717, 1.165) is 11.1 Å². The molecule has 1 fully saturated rings. The third-order valence-electron chi connectivity index (χ3n) is 3.17. The molecule has 1 saturated carbocycles. The summed E-state index contributed by atoms with van der Waals surface area (Å²) in [5.74, 6) is -1.38. The summed E-state index contributed by atoms with van der Waals surface area (Å²) in [6, 6.07) is 7.78. The van der Waals surface area contributed by atoms with Crippen molar-refractivity contribution in [2.24, 2.45) is 5.41 Å². The van der Waals surface area contributed by atoms with Gasteiger partial charge in [0.05, 0.1) is 0 Å². The molecular weight excluding hydrogens is 218 g/mol. The van der Waals surface area contributed by atoms with Crippen LogP contribution in [0.4, 0.5) is 0 Å². The van der Waals surface area contributed by atoms with E-state index in [2.05, 4.69) is 5.32 Å². The van der Waals surface area contributed by atoms with Crippen molar-refractivity contribution < 1.29 is 14.7 Å². The fourth-order valence-electron chi connectivity index (χ4n) is 1.72. The van der Waals surface area contributed by atoms with Gasteiger partial charge < -0.3 is 10.4 Å². The number of carbonyl (C=O) groups is 2. The number of benzene rings is 1. The van der Waals surface area contributed by atoms with Crippen molar-refractivity contribution in [2.45, 2.75) is 26.3 Å². The molecule has 0 heterocycles. The van der Waals surface area contributed by atoms with Crippen LogP contribution in [0.1, 0.15) is 24.0 Å². The highest BCUT2D eigenvalue weighted by atomic mass is 16.4. The normalized spacial score (nSPS) is 16.3. The van der Waals surface area contributed by atoms with Crippen LogP contribution in [-0.2, 0) is 16.1 Å². The van der Waals surface area contributed by atoms with Crippen LogP contribution >= 0.6 is 0 Å². The van der Waals surface area contributed by atoms with Gasteiger partial charge in [0.15, 0.2) is 0 Å². The zero-order valence-electron chi connectivity index (χ0n) is 9.69. The second-order valence-corrected chi connectivity index (χ2v) is 4.56. The van der Waals surface area contributed by atoms with E-state index in [0.29, 0.717) is 19.4 Å². The number of hydrogen-bond acceptors (Lipinski definition) is 2. The molecule has 4 nitrogen and oxygen atoms in total. The van der Waals surface area contributed by atoms with Crippen molar-refractivity contribution in [3.8, 4) is 0 Å². The summed E-state index contributed by atoms with van der Waals surface area (Å²) in [5.41, 5.74) is 0.986. The Morgan fingerprint density at radius 1 is 1.29 bits per heavy atom. The van der Waals surface area contributed by atoms with E-state index < -0.39 is 11.4 Å². The second-order valence-electron chi connectivity index (χ2n) is 4.56. The molecule has 0 aliphatic heterocycles. The number of aliphatic carboxylic acids is 1. The van der Waals surface area contributed by atoms with Gasteiger partial charge in [0.25, 0.3) is 0 Å². The minimum Gasteiger partial charge on any atom is -0.480 e. The lowest BCUT2D eigenvalue weighted by atomic mass is 10.1. The Morgan fingerprint density at radius 3 is 2.35 bits per heavy atom. The average molecular weight is 233 g/mol. The largest absolute Gasteiger partial charge is 0.480 e. The number of carbonyl (C=O) groups excluding carboxylic acids is 1. The lowest BCUT2D eigenvalue weighted by Gasteiger charge is -2.10. The maximum atomic E-state index is 11.7. The average Bonchev–Trinajstić information content (AvgIpc) is 3.09. The summed E-state index contributed by atoms with van der Waals surface area (Å²) >= 11 is 0. The van der Waals surface area contributed by atoms with Crippen LogP contribution in [0.15, 0.2) is 24.3 Å². The van der Waals surface area contributed by atoms with Crippen molar-refractivity contribution in [2.75, 3.05) is 0 Å². The summed E-state index contributed by atoms with van der Waals surface area (Å²) in [6.07, 6.45) is 0.893. The monoisotopic (exact) mass is 233 g/mol. The summed E-state index contributed by atoms with van der Waals surface area (Å²) in [6.45, 7) is 2.38. The van der Waals surface area contributed by atoms with Crippen molar-refractivity contribution in [3.05, 3.63) is 35.4 Å². The summed E-state index contributed by atoms with van der Waals surface area (Å²) < 4.78 is 0. The highest BCUT2D eigenvalue weighted by Crippen LogP contribution is 2.46. The van der Waals surface area contributed by atoms with E-state index in [1.807, 2.05) is 31.2 Å². The van der Waals surface area contributed by atoms with Crippen molar-refractivity contribution >= 4 is 11.9 Å². The Bertz CT molecular complexity index is 446. The second kappa shape index (κ2) is 4.20. The molecule has 1 aromatic carbocycles. The van der Waals surface area contributed by atoms with Crippen LogP contribution in [0, 0.1) is 12.3 Å². The Labute approximate surface area is 99.6 Å². The molecular formula is C13H15NO3. The number of rotatable bonds is 4. The van der Waals surface area contributed by atoms with Crippen LogP contribution in [0.25, 0.3) is 0 Å². The number of carboxylic acid groups (broad SMARTS) is 1. The Kier molecular flexibility index (Phi) is 2.88. The van der Waals surface area contributed by atoms with Crippen LogP contribution < -0.4 is 5.32 Å². The SMILES string of the molecule is Cc1ccc(CNC(=O)C2(C(=O)O)CC2)cc1. The number of hydrogen-bond donors (Lipinski definition) is 2. The van der Waals surface area contributed by atoms with E-state index in [-0.39, 0.29) is 5.91 Å². The molecule has 1 aliphatic rings. The third kappa shape index (κ3) is 2.30. The van der Waals surface area contributed by atoms with Gasteiger partial charge >= 0.3 is 5.97 Å². The van der Waals surface area contributed by atoms with E-state index in [1.54, 1.807) is 0 Å². The molecule has 0 unspecified atom stereocenters. The van der Waals surface area contributed by atoms with Crippen LogP contribution in [-0.4, -0.2) is 17.0 Å². The molecule has 0 spiro atoms. The Balaban J connectivity index is 1.93. The number of nitrogens with one attached hydrogen (secondary N) is 1. The minimum atomic E-state index is -1.15. The molecule has 0 saturated heterocycles. The molecule has 1 aromatic rings. The van der Waals surface area contributed by atoms with E-state index >= 15 is 0 Å². The summed E-state index contributed by atoms with van der Waals surface area (Å²) in [4.78, 5) is 22.6. The first-order chi connectivity index (χ1) is 8.04. The van der Waals surface area contributed by atoms with Gasteiger partial charge in [0.1, 0.15) is 5.41 Å². The Hall–Kier alpha value is -1.84. The number of carboxylic acids is 1. The van der Waals surface area contributed by atoms with Gasteiger partial charge in [0.2, 0.25) is 5.91 Å². The van der Waals surface area contributed by atoms with Crippen LogP contribution in [0.5, 0.6) is 0 Å². The third-order valence-corrected chi connectivity index (χ3v) is 3.17. The quantitative estimate of drug-likeness (QED) is 0.774. The van der Waals surface area contributed by atoms with Gasteiger partial charge in [-0.25, -0.2) is 0 Å². The molecule has 0 aromatic heterocycles. The fraction of sp³-hybridized carbons (Fsp3) is 0.385. The summed E-state index contributed by atoms with van der Waals surface area (Å²) in [7, 11) is 0. The van der Waals surface area contributed by atoms with Gasteiger partial charge in [-0.15, -0.1) is 0 Å². The maximum absolute atomic E-state index is 11.7. The van der Waals surface area contributed by atoms with Gasteiger partial charge in [0, 0.05) is 6.54 Å². The predicted octanol–water partition coefficient (Wildman–Crippen LogP) is 1.48. The predicted molar refractivity (Wildman–Crippen MR) is 62.3 cm³/mol. The standard InChI is InChI=1S/C13H15NO3/c1-9-2-4-10(5-3-9)8-14-11(15)13(6-7-13)12(16)17/h2-5H,6-8H2,1H3,(H,14,15)(H,16,17). The van der Waals surface area contributed by atoms with Crippen LogP contribution in [0.3, 0.4) is 0 Å². The lowest BCUT2D eigenvalue weighted by Crippen LogP contribution is -2.36. The zero-order valence-corrected chi connectivity index (χ0v) is 9.69. The van der Waals surface area contributed by atoms with Crippen LogP contribution in [0.2, 0.25) is 0 Å². The smallest absolute Gasteiger partial charge is 0.319 e. The molecule has 0 radical (unpaired) electrons. The van der Waals surface area contributed by atoms with E-state index in [4.69, 9.17) is 5.11 Å². The molecule has 2 rings (SSSR count). The Morgan fingerprint density at radius 2 is 1.88 bits per heavy atom. The van der Waals surface area contributed by atoms with E-state index in [9.17, 15) is 9.59 Å². The molecule has 2 N–H and O–H groups in total. The van der Waals surface area contributed by atoms with Crippen molar-refractivity contribution in [1.29, 1.82) is 0 Å². The number of aryl methyl sites for hydroxylation is 1. The first-order valence-corrected chi connectivity index (χ1v) is 5.62. The van der Waals surface area contributed by atoms with Gasteiger partial charge in [-0.3, -0.25) is 9.59 Å². The zero-order chi connectivity index (χ0) is 12.5. The van der Waals surface area contributed by atoms with Crippen molar-refractivity contribution in [1.82, 2.24) is 5.32 Å². The maximum Gasteiger partial charge on any atom is 0.319 e. The van der Waals surface area contributed by atoms with E-state index in [1.165, 1.54) is 0 Å². The highest BCUT2D eigenvalue weighted by Gasteiger charge is 2.56. The molecule has 0 bridgehead atoms. The fourth-order valence-corrected chi connectivity index (χ4v) is 1.72. The molecule has 1 amide bonds. The summed E-state index contributed by atoms with van der Waals surface area (Å²) in [5, 5.41) is 11.6. The molecule has 1 aliphatic carbocycles. The van der Waals surface area contributed by atoms with Gasteiger partial charge in [-0.1, -0.05) is 29.8 Å². The molecule has 0 atom stereocenters. The molecule has 90 valence electrons. The minimum absolute atomic E-state index is 0.370. The topological polar surface area (TPSA) is 66.4 Å². The lowest BCUT2D eigenvalue weighted by molar-refractivity contribution is -0.149. The van der Waals surface area contributed by atoms with Crippen molar-refractivity contribution in [3.63, 3.8) is 0 Å². The van der Waals surface area contributed by atoms with Gasteiger partial charge in [-0.05, 0) is 25.3 Å². The number of amides is 1. The first-order valence-electron chi connectivity index (χ1n) is 5.62. The van der Waals surface area contributed by atoms with Gasteiger partial charge in [-0.2, -0.15) is 0 Å². The highest BCUT2D eigenvalue weighted by molar-refractivity contribution is 6.04. The molecule has 4 heteroatoms.